The third kappa shape index (κ3) is 2.64. The summed E-state index contributed by atoms with van der Waals surface area (Å²) < 4.78 is 9.48. The fraction of sp³-hybridized carbons (Fsp3) is 0.571. The molecule has 1 atom stereocenters. The lowest BCUT2D eigenvalue weighted by atomic mass is 10.4. The van der Waals surface area contributed by atoms with E-state index in [4.69, 9.17) is 4.74 Å². The molecule has 3 nitrogen and oxygen atoms in total. The third-order valence-electron chi connectivity index (χ3n) is 1.09. The van der Waals surface area contributed by atoms with Crippen molar-refractivity contribution in [1.29, 1.82) is 0 Å². The summed E-state index contributed by atoms with van der Waals surface area (Å²) in [5.74, 6) is -0.294. The molecule has 56 valence electrons. The summed E-state index contributed by atoms with van der Waals surface area (Å²) in [6.45, 7) is 2.93. The number of epoxide rings is 1. The highest BCUT2D eigenvalue weighted by atomic mass is 16.6. The van der Waals surface area contributed by atoms with Crippen LogP contribution in [0.2, 0.25) is 0 Å². The first-order valence-corrected chi connectivity index (χ1v) is 3.29. The summed E-state index contributed by atoms with van der Waals surface area (Å²) in [4.78, 5) is 10.6. The molecule has 1 saturated heterocycles. The van der Waals surface area contributed by atoms with Crippen molar-refractivity contribution in [3.05, 3.63) is 12.2 Å². The number of carbonyl (C=O) groups excluding carboxylic acids is 1. The molecule has 1 aliphatic rings. The predicted molar refractivity (Wildman–Crippen MR) is 35.5 cm³/mol. The van der Waals surface area contributed by atoms with Gasteiger partial charge in [0.2, 0.25) is 0 Å². The quantitative estimate of drug-likeness (QED) is 0.327. The molecular formula is C7H10O3. The summed E-state index contributed by atoms with van der Waals surface area (Å²) in [7, 11) is 0. The van der Waals surface area contributed by atoms with Gasteiger partial charge in [0.25, 0.3) is 0 Å². The van der Waals surface area contributed by atoms with Crippen LogP contribution in [-0.2, 0) is 14.3 Å². The van der Waals surface area contributed by atoms with E-state index in [2.05, 4.69) is 4.74 Å². The standard InChI is InChI=1S/C7H10O3/c1-2-9-7(8)4-3-6-5-10-6/h3-4,6H,2,5H2,1H3. The van der Waals surface area contributed by atoms with E-state index in [1.807, 2.05) is 0 Å². The van der Waals surface area contributed by atoms with E-state index < -0.39 is 0 Å². The van der Waals surface area contributed by atoms with Crippen molar-refractivity contribution >= 4 is 5.97 Å². The number of rotatable bonds is 3. The van der Waals surface area contributed by atoms with Crippen LogP contribution in [0.25, 0.3) is 0 Å². The fourth-order valence-corrected chi connectivity index (χ4v) is 0.543. The zero-order chi connectivity index (χ0) is 7.40. The molecule has 0 aromatic rings. The van der Waals surface area contributed by atoms with E-state index in [1.54, 1.807) is 13.0 Å². The van der Waals surface area contributed by atoms with E-state index in [1.165, 1.54) is 6.08 Å². The topological polar surface area (TPSA) is 38.8 Å². The highest BCUT2D eigenvalue weighted by Gasteiger charge is 2.18. The van der Waals surface area contributed by atoms with Crippen molar-refractivity contribution in [2.24, 2.45) is 0 Å². The van der Waals surface area contributed by atoms with E-state index in [0.29, 0.717) is 6.61 Å². The minimum atomic E-state index is -0.294. The van der Waals surface area contributed by atoms with Crippen LogP contribution in [0.5, 0.6) is 0 Å². The van der Waals surface area contributed by atoms with Gasteiger partial charge in [-0.15, -0.1) is 0 Å². The molecule has 0 bridgehead atoms. The van der Waals surface area contributed by atoms with Crippen molar-refractivity contribution in [1.82, 2.24) is 0 Å². The molecule has 1 rings (SSSR count). The summed E-state index contributed by atoms with van der Waals surface area (Å²) in [5.41, 5.74) is 0. The summed E-state index contributed by atoms with van der Waals surface area (Å²) in [5, 5.41) is 0. The Labute approximate surface area is 59.6 Å². The number of carbonyl (C=O) groups is 1. The first-order valence-electron chi connectivity index (χ1n) is 3.29. The van der Waals surface area contributed by atoms with Gasteiger partial charge in [0.1, 0.15) is 0 Å². The van der Waals surface area contributed by atoms with Crippen molar-refractivity contribution in [3.63, 3.8) is 0 Å². The molecule has 0 N–H and O–H groups in total. The number of ether oxygens (including phenoxy) is 2. The normalized spacial score (nSPS) is 23.1. The average Bonchev–Trinajstić information content (AvgIpc) is 2.67. The van der Waals surface area contributed by atoms with Crippen LogP contribution in [0.1, 0.15) is 6.92 Å². The second-order valence-corrected chi connectivity index (χ2v) is 1.98. The van der Waals surface area contributed by atoms with Gasteiger partial charge in [-0.1, -0.05) is 0 Å². The van der Waals surface area contributed by atoms with Gasteiger partial charge in [0, 0.05) is 6.08 Å². The van der Waals surface area contributed by atoms with Gasteiger partial charge in [0.05, 0.1) is 19.3 Å². The molecule has 0 aliphatic carbocycles. The van der Waals surface area contributed by atoms with Crippen LogP contribution in [0.15, 0.2) is 12.2 Å². The van der Waals surface area contributed by atoms with Gasteiger partial charge in [-0.2, -0.15) is 0 Å². The summed E-state index contributed by atoms with van der Waals surface area (Å²) >= 11 is 0. The van der Waals surface area contributed by atoms with E-state index >= 15 is 0 Å². The van der Waals surface area contributed by atoms with Crippen molar-refractivity contribution in [2.75, 3.05) is 13.2 Å². The fourth-order valence-electron chi connectivity index (χ4n) is 0.543. The lowest BCUT2D eigenvalue weighted by molar-refractivity contribution is -0.137. The predicted octanol–water partition coefficient (Wildman–Crippen LogP) is 0.504. The molecule has 1 aliphatic heterocycles. The average molecular weight is 142 g/mol. The van der Waals surface area contributed by atoms with Crippen LogP contribution in [0.4, 0.5) is 0 Å². The highest BCUT2D eigenvalue weighted by molar-refractivity contribution is 5.82. The van der Waals surface area contributed by atoms with Crippen LogP contribution in [0, 0.1) is 0 Å². The van der Waals surface area contributed by atoms with Crippen LogP contribution in [0.3, 0.4) is 0 Å². The van der Waals surface area contributed by atoms with Crippen molar-refractivity contribution < 1.29 is 14.3 Å². The lowest BCUT2D eigenvalue weighted by Crippen LogP contribution is -1.99. The number of hydrogen-bond acceptors (Lipinski definition) is 3. The second-order valence-electron chi connectivity index (χ2n) is 1.98. The minimum Gasteiger partial charge on any atom is -0.463 e. The van der Waals surface area contributed by atoms with E-state index in [9.17, 15) is 4.79 Å². The Balaban J connectivity index is 2.15. The monoisotopic (exact) mass is 142 g/mol. The van der Waals surface area contributed by atoms with E-state index in [-0.39, 0.29) is 12.1 Å². The maximum Gasteiger partial charge on any atom is 0.330 e. The first kappa shape index (κ1) is 7.28. The van der Waals surface area contributed by atoms with Crippen LogP contribution < -0.4 is 0 Å². The maximum absolute atomic E-state index is 10.6. The van der Waals surface area contributed by atoms with Gasteiger partial charge in [-0.05, 0) is 13.0 Å². The van der Waals surface area contributed by atoms with Gasteiger partial charge in [-0.3, -0.25) is 0 Å². The van der Waals surface area contributed by atoms with Gasteiger partial charge in [0.15, 0.2) is 0 Å². The Morgan fingerprint density at radius 1 is 1.90 bits per heavy atom. The molecule has 1 heterocycles. The maximum atomic E-state index is 10.6. The minimum absolute atomic E-state index is 0.157. The third-order valence-corrected chi connectivity index (χ3v) is 1.09. The SMILES string of the molecule is CCOC(=O)C=CC1CO1. The Kier molecular flexibility index (Phi) is 2.45. The molecule has 0 amide bonds. The zero-order valence-electron chi connectivity index (χ0n) is 5.87. The highest BCUT2D eigenvalue weighted by Crippen LogP contribution is 2.09. The largest absolute Gasteiger partial charge is 0.463 e. The molecule has 10 heavy (non-hydrogen) atoms. The summed E-state index contributed by atoms with van der Waals surface area (Å²) in [6.07, 6.45) is 3.27. The van der Waals surface area contributed by atoms with E-state index in [0.717, 1.165) is 6.61 Å². The first-order chi connectivity index (χ1) is 4.83. The smallest absolute Gasteiger partial charge is 0.330 e. The van der Waals surface area contributed by atoms with Gasteiger partial charge >= 0.3 is 5.97 Å². The Morgan fingerprint density at radius 3 is 3.10 bits per heavy atom. The van der Waals surface area contributed by atoms with Gasteiger partial charge < -0.3 is 9.47 Å². The molecule has 0 spiro atoms. The molecule has 0 radical (unpaired) electrons. The van der Waals surface area contributed by atoms with Crippen molar-refractivity contribution in [2.45, 2.75) is 13.0 Å². The molecule has 1 unspecified atom stereocenters. The molecule has 0 aromatic heterocycles. The molecule has 3 heteroatoms. The number of esters is 1. The Morgan fingerprint density at radius 2 is 2.60 bits per heavy atom. The van der Waals surface area contributed by atoms with Crippen LogP contribution in [-0.4, -0.2) is 25.3 Å². The lowest BCUT2D eigenvalue weighted by Gasteiger charge is -1.92. The summed E-state index contributed by atoms with van der Waals surface area (Å²) in [6, 6.07) is 0. The molecular weight excluding hydrogens is 132 g/mol. The van der Waals surface area contributed by atoms with Crippen LogP contribution >= 0.6 is 0 Å². The Bertz CT molecular complexity index is 147. The van der Waals surface area contributed by atoms with Crippen molar-refractivity contribution in [3.8, 4) is 0 Å². The number of hydrogen-bond donors (Lipinski definition) is 0. The molecule has 1 fully saturated rings. The Hall–Kier alpha value is -0.830. The second kappa shape index (κ2) is 3.37. The molecule has 0 aromatic carbocycles. The molecule has 0 saturated carbocycles. The zero-order valence-corrected chi connectivity index (χ0v) is 5.87. The van der Waals surface area contributed by atoms with Gasteiger partial charge in [-0.25, -0.2) is 4.79 Å².